The lowest BCUT2D eigenvalue weighted by atomic mass is 9.98. The van der Waals surface area contributed by atoms with Gasteiger partial charge in [0.25, 0.3) is 0 Å². The molecule has 0 saturated carbocycles. The van der Waals surface area contributed by atoms with Gasteiger partial charge in [-0.25, -0.2) is 4.79 Å². The van der Waals surface area contributed by atoms with Crippen LogP contribution in [0.4, 0.5) is 11.4 Å². The summed E-state index contributed by atoms with van der Waals surface area (Å²) in [5.74, 6) is -0.434. The van der Waals surface area contributed by atoms with Crippen LogP contribution < -0.4 is 21.1 Å². The molecule has 6 nitrogen and oxygen atoms in total. The molecule has 0 fully saturated rings. The highest BCUT2D eigenvalue weighted by atomic mass is 16.5. The lowest BCUT2D eigenvalue weighted by Crippen LogP contribution is -2.36. The number of hydrogen-bond acceptors (Lipinski definition) is 6. The van der Waals surface area contributed by atoms with Crippen molar-refractivity contribution >= 4 is 17.3 Å². The highest BCUT2D eigenvalue weighted by Crippen LogP contribution is 2.25. The zero-order chi connectivity index (χ0) is 18.6. The first-order valence-corrected chi connectivity index (χ1v) is 8.00. The maximum atomic E-state index is 11.9. The van der Waals surface area contributed by atoms with Crippen LogP contribution >= 0.6 is 0 Å². The van der Waals surface area contributed by atoms with Crippen LogP contribution in [0.3, 0.4) is 0 Å². The first-order valence-electron chi connectivity index (χ1n) is 8.00. The second kappa shape index (κ2) is 7.79. The van der Waals surface area contributed by atoms with Gasteiger partial charge in [-0.3, -0.25) is 9.59 Å². The van der Waals surface area contributed by atoms with Crippen molar-refractivity contribution in [1.29, 1.82) is 0 Å². The Morgan fingerprint density at radius 1 is 1.16 bits per heavy atom. The Morgan fingerprint density at radius 2 is 1.80 bits per heavy atom. The minimum absolute atomic E-state index is 0.223. The molecular weight excluding hydrogens is 320 g/mol. The second-order valence-electron chi connectivity index (χ2n) is 6.05. The minimum atomic E-state index is -0.509. The summed E-state index contributed by atoms with van der Waals surface area (Å²) in [5.41, 5.74) is 1.82. The quantitative estimate of drug-likeness (QED) is 0.342. The summed E-state index contributed by atoms with van der Waals surface area (Å²) in [6, 6.07) is 7.44. The molecule has 0 unspecified atom stereocenters. The Balaban J connectivity index is 1.98. The molecule has 0 amide bonds. The van der Waals surface area contributed by atoms with E-state index in [4.69, 9.17) is 4.74 Å². The summed E-state index contributed by atoms with van der Waals surface area (Å²) in [6.45, 7) is 5.73. The topological polar surface area (TPSA) is 75.7 Å². The van der Waals surface area contributed by atoms with Gasteiger partial charge in [0, 0.05) is 31.9 Å². The molecule has 2 aromatic rings. The van der Waals surface area contributed by atoms with Gasteiger partial charge < -0.3 is 15.0 Å². The van der Waals surface area contributed by atoms with Crippen LogP contribution in [0.5, 0.6) is 0 Å². The lowest BCUT2D eigenvalue weighted by Gasteiger charge is -2.15. The van der Waals surface area contributed by atoms with Gasteiger partial charge in [0.05, 0.1) is 17.9 Å². The third kappa shape index (κ3) is 4.15. The van der Waals surface area contributed by atoms with Crippen molar-refractivity contribution in [2.24, 2.45) is 0 Å². The van der Waals surface area contributed by atoms with Crippen LogP contribution in [0.1, 0.15) is 13.3 Å². The molecule has 0 aliphatic rings. The van der Waals surface area contributed by atoms with E-state index in [-0.39, 0.29) is 6.61 Å². The average Bonchev–Trinajstić information content (AvgIpc) is 2.59. The van der Waals surface area contributed by atoms with Crippen LogP contribution in [0, 0.1) is 0 Å². The fraction of sp³-hybridized carbons (Fsp3) is 0.316. The van der Waals surface area contributed by atoms with E-state index in [0.29, 0.717) is 35.4 Å². The van der Waals surface area contributed by atoms with Crippen molar-refractivity contribution in [1.82, 2.24) is 0 Å². The Bertz CT molecular complexity index is 843. The Hall–Kier alpha value is -2.89. The maximum absolute atomic E-state index is 11.9. The number of nitrogens with one attached hydrogen (secondary N) is 1. The monoisotopic (exact) mass is 342 g/mol. The fourth-order valence-electron chi connectivity index (χ4n) is 2.34. The fourth-order valence-corrected chi connectivity index (χ4v) is 2.34. The predicted molar refractivity (Wildman–Crippen MR) is 100.0 cm³/mol. The molecule has 132 valence electrons. The number of hydrogen-bond donors (Lipinski definition) is 1. The Morgan fingerprint density at radius 3 is 2.36 bits per heavy atom. The van der Waals surface area contributed by atoms with E-state index >= 15 is 0 Å². The van der Waals surface area contributed by atoms with Crippen molar-refractivity contribution < 1.29 is 9.53 Å². The molecule has 2 aromatic carbocycles. The molecule has 0 atom stereocenters. The molecule has 2 rings (SSSR count). The van der Waals surface area contributed by atoms with Gasteiger partial charge in [0.15, 0.2) is 0 Å². The molecule has 25 heavy (non-hydrogen) atoms. The van der Waals surface area contributed by atoms with E-state index in [0.717, 1.165) is 5.69 Å². The van der Waals surface area contributed by atoms with Gasteiger partial charge in [-0.2, -0.15) is 0 Å². The summed E-state index contributed by atoms with van der Waals surface area (Å²) >= 11 is 0. The molecule has 1 N–H and O–H groups in total. The number of benzene rings is 1. The highest BCUT2D eigenvalue weighted by Gasteiger charge is 2.21. The molecule has 0 aliphatic heterocycles. The number of ether oxygens (including phenoxy) is 1. The minimum Gasteiger partial charge on any atom is -0.462 e. The van der Waals surface area contributed by atoms with Gasteiger partial charge in [-0.1, -0.05) is 18.7 Å². The van der Waals surface area contributed by atoms with Crippen molar-refractivity contribution in [2.75, 3.05) is 37.5 Å². The number of esters is 1. The third-order valence-electron chi connectivity index (χ3n) is 3.79. The smallest absolute Gasteiger partial charge is 0.333 e. The second-order valence-corrected chi connectivity index (χ2v) is 6.05. The van der Waals surface area contributed by atoms with E-state index in [1.807, 2.05) is 43.3 Å². The molecule has 0 aromatic heterocycles. The summed E-state index contributed by atoms with van der Waals surface area (Å²) in [7, 11) is 3.86. The SMILES string of the molecule is C=C(C)C(=O)OCCCNc1c(-c2ccc(N(C)C)cc2)c(=O)c1=O. The van der Waals surface area contributed by atoms with Crippen molar-refractivity contribution in [2.45, 2.75) is 13.3 Å². The largest absolute Gasteiger partial charge is 0.462 e. The summed E-state index contributed by atoms with van der Waals surface area (Å²) < 4.78 is 4.98. The number of anilines is 2. The van der Waals surface area contributed by atoms with Crippen LogP contribution in [0.2, 0.25) is 0 Å². The molecule has 0 aliphatic carbocycles. The maximum Gasteiger partial charge on any atom is 0.333 e. The molecule has 0 radical (unpaired) electrons. The van der Waals surface area contributed by atoms with Gasteiger partial charge >= 0.3 is 5.97 Å². The van der Waals surface area contributed by atoms with Crippen LogP contribution in [0.25, 0.3) is 11.1 Å². The van der Waals surface area contributed by atoms with E-state index in [1.54, 1.807) is 6.92 Å². The molecule has 6 heteroatoms. The van der Waals surface area contributed by atoms with Crippen molar-refractivity contribution in [3.05, 3.63) is 56.9 Å². The first kappa shape index (κ1) is 18.4. The highest BCUT2D eigenvalue weighted by molar-refractivity contribution is 5.87. The average molecular weight is 342 g/mol. The Kier molecular flexibility index (Phi) is 5.75. The molecule has 0 heterocycles. The van der Waals surface area contributed by atoms with Crippen LogP contribution in [-0.2, 0) is 9.53 Å². The van der Waals surface area contributed by atoms with Crippen molar-refractivity contribution in [3.63, 3.8) is 0 Å². The summed E-state index contributed by atoms with van der Waals surface area (Å²) in [6.07, 6.45) is 0.525. The third-order valence-corrected chi connectivity index (χ3v) is 3.79. The van der Waals surface area contributed by atoms with E-state index < -0.39 is 16.8 Å². The summed E-state index contributed by atoms with van der Waals surface area (Å²) in [5, 5.41) is 2.97. The van der Waals surface area contributed by atoms with E-state index in [9.17, 15) is 14.4 Å². The number of nitrogens with zero attached hydrogens (tertiary/aromatic N) is 1. The van der Waals surface area contributed by atoms with Gasteiger partial charge in [0.1, 0.15) is 0 Å². The normalized spacial score (nSPS) is 10.5. The zero-order valence-corrected chi connectivity index (χ0v) is 14.7. The van der Waals surface area contributed by atoms with Crippen LogP contribution in [0.15, 0.2) is 46.0 Å². The number of carbonyl (C=O) groups is 1. The van der Waals surface area contributed by atoms with Crippen LogP contribution in [-0.4, -0.2) is 33.2 Å². The zero-order valence-electron chi connectivity index (χ0n) is 14.7. The van der Waals surface area contributed by atoms with Crippen molar-refractivity contribution in [3.8, 4) is 11.1 Å². The van der Waals surface area contributed by atoms with Gasteiger partial charge in [-0.05, 0) is 31.0 Å². The first-order chi connectivity index (χ1) is 11.8. The van der Waals surface area contributed by atoms with Gasteiger partial charge in [-0.15, -0.1) is 0 Å². The van der Waals surface area contributed by atoms with Gasteiger partial charge in [0.2, 0.25) is 10.9 Å². The summed E-state index contributed by atoms with van der Waals surface area (Å²) in [4.78, 5) is 36.9. The number of carbonyl (C=O) groups excluding carboxylic acids is 1. The standard InChI is InChI=1S/C19H22N2O4/c1-12(2)19(24)25-11-5-10-20-16-15(17(22)18(16)23)13-6-8-14(9-7-13)21(3)4/h6-9,20H,1,5,10-11H2,2-4H3. The molecule has 0 spiro atoms. The molecule has 0 saturated heterocycles. The lowest BCUT2D eigenvalue weighted by molar-refractivity contribution is -0.138. The predicted octanol–water partition coefficient (Wildman–Crippen LogP) is 1.94. The number of rotatable bonds is 8. The Labute approximate surface area is 146 Å². The molecular formula is C19H22N2O4. The molecule has 0 bridgehead atoms. The van der Waals surface area contributed by atoms with E-state index in [1.165, 1.54) is 0 Å². The van der Waals surface area contributed by atoms with E-state index in [2.05, 4.69) is 11.9 Å².